The molecule has 4 rings (SSSR count). The van der Waals surface area contributed by atoms with Gasteiger partial charge in [0.25, 0.3) is 0 Å². The van der Waals surface area contributed by atoms with Crippen LogP contribution in [0.2, 0.25) is 0 Å². The third kappa shape index (κ3) is 8.03. The maximum absolute atomic E-state index is 14.1. The minimum atomic E-state index is -0.337. The summed E-state index contributed by atoms with van der Waals surface area (Å²) >= 11 is 0. The Morgan fingerprint density at radius 2 is 1.55 bits per heavy atom. The fraction of sp³-hybridized carbons (Fsp3) is 0.436. The number of allylic oxidation sites excluding steroid dienone is 2. The van der Waals surface area contributed by atoms with Gasteiger partial charge in [-0.3, -0.25) is 4.79 Å². The van der Waals surface area contributed by atoms with Gasteiger partial charge < -0.3 is 10.1 Å². The topological polar surface area (TPSA) is 50.2 Å². The molecule has 1 aromatic heterocycles. The number of carbonyl (C=O) groups is 1. The predicted octanol–water partition coefficient (Wildman–Crippen LogP) is 11.4. The summed E-state index contributed by atoms with van der Waals surface area (Å²) in [7, 11) is 0. The van der Waals surface area contributed by atoms with E-state index in [-0.39, 0.29) is 48.3 Å². The van der Waals surface area contributed by atoms with E-state index in [2.05, 4.69) is 50.0 Å². The van der Waals surface area contributed by atoms with Crippen LogP contribution in [-0.2, 0) is 24.9 Å². The molecule has 0 aliphatic heterocycles. The molecule has 0 bridgehead atoms. The van der Waals surface area contributed by atoms with Gasteiger partial charge in [0.15, 0.2) is 5.78 Å². The minimum Gasteiger partial charge on any atom is -0.512 e. The second-order valence-corrected chi connectivity index (χ2v) is 12.8. The van der Waals surface area contributed by atoms with Crippen molar-refractivity contribution in [3.8, 4) is 11.3 Å². The molecular formula is C39H49FIrNO2-. The Hall–Kier alpha value is -2.88. The van der Waals surface area contributed by atoms with Crippen molar-refractivity contribution in [2.45, 2.75) is 101 Å². The van der Waals surface area contributed by atoms with Gasteiger partial charge in [-0.25, -0.2) is 4.39 Å². The summed E-state index contributed by atoms with van der Waals surface area (Å²) in [5.41, 5.74) is 4.69. The Labute approximate surface area is 277 Å². The molecule has 0 aliphatic rings. The summed E-state index contributed by atoms with van der Waals surface area (Å²) in [5, 5.41) is 14.2. The maximum Gasteiger partial charge on any atom is 0.164 e. The molecule has 239 valence electrons. The minimum absolute atomic E-state index is 0. The molecule has 0 saturated heterocycles. The molecule has 1 radical (unpaired) electrons. The summed E-state index contributed by atoms with van der Waals surface area (Å²) in [6, 6.07) is 16.9. The number of carbonyl (C=O) groups excluding carboxylic acids is 1. The van der Waals surface area contributed by atoms with Gasteiger partial charge in [0, 0.05) is 43.2 Å². The van der Waals surface area contributed by atoms with Gasteiger partial charge >= 0.3 is 0 Å². The van der Waals surface area contributed by atoms with Gasteiger partial charge in [0.05, 0.1) is 0 Å². The monoisotopic (exact) mass is 775 g/mol. The molecule has 4 aromatic rings. The number of hydrogen-bond donors (Lipinski definition) is 1. The summed E-state index contributed by atoms with van der Waals surface area (Å²) < 4.78 is 14.1. The first-order valence-electron chi connectivity index (χ1n) is 15.7. The fourth-order valence-corrected chi connectivity index (χ4v) is 5.49. The van der Waals surface area contributed by atoms with Gasteiger partial charge in [0.2, 0.25) is 0 Å². The SMILES string of the molecule is CCC(C)(CC)C(=O)C=C(O)C(C)(CC)CC.Cc1[c-]c(-c2nccc3cc(C(C)C)c4ccc(F)cc4c23)cc(C)c1.[Ir]. The third-order valence-electron chi connectivity index (χ3n) is 9.48. The zero-order chi connectivity index (χ0) is 32.1. The smallest absolute Gasteiger partial charge is 0.164 e. The van der Waals surface area contributed by atoms with Gasteiger partial charge in [-0.1, -0.05) is 81.4 Å². The molecule has 0 saturated carbocycles. The number of aromatic nitrogens is 1. The number of aliphatic hydroxyl groups excluding tert-OH is 1. The van der Waals surface area contributed by atoms with Crippen molar-refractivity contribution in [2.75, 3.05) is 0 Å². The zero-order valence-electron chi connectivity index (χ0n) is 28.1. The molecule has 1 heterocycles. The van der Waals surface area contributed by atoms with Crippen LogP contribution in [0.1, 0.15) is 104 Å². The number of pyridine rings is 1. The quantitative estimate of drug-likeness (QED) is 0.0797. The van der Waals surface area contributed by atoms with E-state index in [1.165, 1.54) is 17.2 Å². The Bertz CT molecular complexity index is 1610. The van der Waals surface area contributed by atoms with E-state index in [4.69, 9.17) is 0 Å². The van der Waals surface area contributed by atoms with Crippen LogP contribution in [0.5, 0.6) is 0 Å². The Morgan fingerprint density at radius 3 is 2.09 bits per heavy atom. The van der Waals surface area contributed by atoms with Crippen molar-refractivity contribution in [1.82, 2.24) is 4.98 Å². The molecule has 3 aromatic carbocycles. The second kappa shape index (κ2) is 15.4. The van der Waals surface area contributed by atoms with Gasteiger partial charge in [-0.15, -0.1) is 34.9 Å². The number of halogens is 1. The Balaban J connectivity index is 0.000000331. The van der Waals surface area contributed by atoms with E-state index in [0.29, 0.717) is 5.92 Å². The van der Waals surface area contributed by atoms with E-state index in [9.17, 15) is 14.3 Å². The van der Waals surface area contributed by atoms with Crippen LogP contribution >= 0.6 is 0 Å². The molecule has 0 spiro atoms. The number of aliphatic hydroxyl groups is 1. The molecule has 0 unspecified atom stereocenters. The van der Waals surface area contributed by atoms with E-state index >= 15 is 0 Å². The molecule has 0 fully saturated rings. The molecule has 0 aliphatic carbocycles. The standard InChI is InChI=1S/C24H21FN.C15H28O2.Ir/c1-14(2)21-12-17-7-8-26-24(18-10-15(3)9-16(4)11-18)23(17)22-13-19(25)5-6-20(21)22;1-7-14(5,8-2)12(16)11-13(17)15(6,9-3)10-4;/h5-10,12-14H,1-4H3;11,16H,7-10H2,1-6H3;/q-1;;. The normalized spacial score (nSPS) is 12.2. The third-order valence-corrected chi connectivity index (χ3v) is 9.48. The van der Waals surface area contributed by atoms with Crippen LogP contribution in [0.4, 0.5) is 4.39 Å². The summed E-state index contributed by atoms with van der Waals surface area (Å²) in [5.74, 6) is 0.421. The Kier molecular flexibility index (Phi) is 13.1. The number of rotatable bonds is 9. The zero-order valence-corrected chi connectivity index (χ0v) is 30.5. The van der Waals surface area contributed by atoms with Crippen LogP contribution in [0.25, 0.3) is 32.8 Å². The molecule has 44 heavy (non-hydrogen) atoms. The van der Waals surface area contributed by atoms with Crippen molar-refractivity contribution >= 4 is 27.3 Å². The first kappa shape index (κ1) is 37.3. The largest absolute Gasteiger partial charge is 0.512 e. The number of fused-ring (bicyclic) bond motifs is 3. The van der Waals surface area contributed by atoms with E-state index < -0.39 is 0 Å². The number of aryl methyl sites for hydroxylation is 2. The number of hydrogen-bond acceptors (Lipinski definition) is 3. The fourth-order valence-electron chi connectivity index (χ4n) is 5.49. The van der Waals surface area contributed by atoms with Crippen molar-refractivity contribution in [1.29, 1.82) is 0 Å². The van der Waals surface area contributed by atoms with Gasteiger partial charge in [-0.2, -0.15) is 0 Å². The number of nitrogens with zero attached hydrogens (tertiary/aromatic N) is 1. The van der Waals surface area contributed by atoms with Crippen molar-refractivity contribution in [3.63, 3.8) is 0 Å². The van der Waals surface area contributed by atoms with Gasteiger partial charge in [-0.05, 0) is 82.6 Å². The van der Waals surface area contributed by atoms with Crippen molar-refractivity contribution in [2.24, 2.45) is 10.8 Å². The van der Waals surface area contributed by atoms with E-state index in [1.54, 1.807) is 12.1 Å². The summed E-state index contributed by atoms with van der Waals surface area (Å²) in [6.07, 6.45) is 6.59. The molecule has 3 nitrogen and oxygen atoms in total. The van der Waals surface area contributed by atoms with Crippen LogP contribution in [-0.4, -0.2) is 15.9 Å². The van der Waals surface area contributed by atoms with Crippen molar-refractivity contribution in [3.05, 3.63) is 89.1 Å². The van der Waals surface area contributed by atoms with Crippen LogP contribution in [0, 0.1) is 36.6 Å². The molecule has 0 amide bonds. The second-order valence-electron chi connectivity index (χ2n) is 12.8. The molecule has 0 atom stereocenters. The average Bonchev–Trinajstić information content (AvgIpc) is 2.98. The number of ketones is 1. The van der Waals surface area contributed by atoms with Crippen LogP contribution < -0.4 is 0 Å². The molecule has 1 N–H and O–H groups in total. The van der Waals surface area contributed by atoms with Crippen LogP contribution in [0.3, 0.4) is 0 Å². The Morgan fingerprint density at radius 1 is 0.932 bits per heavy atom. The van der Waals surface area contributed by atoms with Crippen molar-refractivity contribution < 1.29 is 34.4 Å². The summed E-state index contributed by atoms with van der Waals surface area (Å²) in [6.45, 7) is 20.5. The maximum atomic E-state index is 14.1. The summed E-state index contributed by atoms with van der Waals surface area (Å²) in [4.78, 5) is 16.8. The first-order chi connectivity index (χ1) is 20.2. The predicted molar refractivity (Wildman–Crippen MR) is 180 cm³/mol. The van der Waals surface area contributed by atoms with E-state index in [0.717, 1.165) is 64.0 Å². The molecular weight excluding hydrogens is 726 g/mol. The van der Waals surface area contributed by atoms with E-state index in [1.807, 2.05) is 66.8 Å². The molecule has 5 heteroatoms. The van der Waals surface area contributed by atoms with Gasteiger partial charge in [0.1, 0.15) is 11.6 Å². The average molecular weight is 775 g/mol. The first-order valence-corrected chi connectivity index (χ1v) is 15.7. The number of benzene rings is 3. The van der Waals surface area contributed by atoms with Crippen LogP contribution in [0.15, 0.2) is 60.5 Å².